The molecule has 14 heavy (non-hydrogen) atoms. The summed E-state index contributed by atoms with van der Waals surface area (Å²) in [4.78, 5) is 0. The SMILES string of the molecule is Brc1cccc2c1[te]c1ccccc12. The molecule has 0 nitrogen and oxygen atoms in total. The van der Waals surface area contributed by atoms with Crippen molar-refractivity contribution in [2.24, 2.45) is 0 Å². The molecule has 0 bridgehead atoms. The fourth-order valence-corrected chi connectivity index (χ4v) is 5.78. The van der Waals surface area contributed by atoms with Crippen molar-refractivity contribution in [2.45, 2.75) is 0 Å². The van der Waals surface area contributed by atoms with Gasteiger partial charge in [0.2, 0.25) is 0 Å². The molecule has 1 aromatic heterocycles. The summed E-state index contributed by atoms with van der Waals surface area (Å²) in [5.74, 6) is 0. The zero-order chi connectivity index (χ0) is 9.54. The molecule has 0 atom stereocenters. The second-order valence-corrected chi connectivity index (χ2v) is 7.07. The van der Waals surface area contributed by atoms with Crippen molar-refractivity contribution in [3.63, 3.8) is 0 Å². The first-order valence-electron chi connectivity index (χ1n) is 4.42. The Hall–Kier alpha value is -0.290. The molecule has 0 radical (unpaired) electrons. The number of halogens is 1. The molecule has 0 saturated heterocycles. The summed E-state index contributed by atoms with van der Waals surface area (Å²) in [5.41, 5.74) is 0. The molecule has 2 heteroatoms. The first-order valence-corrected chi connectivity index (χ1v) is 7.54. The summed E-state index contributed by atoms with van der Waals surface area (Å²) >= 11 is 3.49. The Bertz CT molecular complexity index is 610. The van der Waals surface area contributed by atoms with Crippen LogP contribution in [0.25, 0.3) is 17.6 Å². The maximum atomic E-state index is 3.64. The molecule has 0 spiro atoms. The summed E-state index contributed by atoms with van der Waals surface area (Å²) < 4.78 is 4.41. The molecule has 0 aliphatic heterocycles. The fraction of sp³-hybridized carbons (Fsp3) is 0. The second-order valence-electron chi connectivity index (χ2n) is 3.21. The van der Waals surface area contributed by atoms with Gasteiger partial charge in [-0.05, 0) is 0 Å². The molecular weight excluding hydrogens is 352 g/mol. The molecule has 0 amide bonds. The van der Waals surface area contributed by atoms with Gasteiger partial charge in [-0.2, -0.15) is 0 Å². The molecule has 0 saturated carbocycles. The van der Waals surface area contributed by atoms with Gasteiger partial charge in [-0.25, -0.2) is 0 Å². The molecule has 68 valence electrons. The topological polar surface area (TPSA) is 0 Å². The van der Waals surface area contributed by atoms with Gasteiger partial charge >= 0.3 is 101 Å². The second kappa shape index (κ2) is 3.38. The van der Waals surface area contributed by atoms with Crippen molar-refractivity contribution in [3.8, 4) is 0 Å². The number of hydrogen-bond donors (Lipinski definition) is 0. The van der Waals surface area contributed by atoms with Crippen molar-refractivity contribution < 1.29 is 0 Å². The third kappa shape index (κ3) is 1.26. The van der Waals surface area contributed by atoms with E-state index in [1.54, 1.807) is 6.80 Å². The monoisotopic (exact) mass is 360 g/mol. The number of benzene rings is 2. The van der Waals surface area contributed by atoms with Gasteiger partial charge in [-0.15, -0.1) is 0 Å². The van der Waals surface area contributed by atoms with E-state index < -0.39 is 0 Å². The van der Waals surface area contributed by atoms with Gasteiger partial charge in [-0.1, -0.05) is 0 Å². The summed E-state index contributed by atoms with van der Waals surface area (Å²) in [5, 5.41) is 2.89. The summed E-state index contributed by atoms with van der Waals surface area (Å²) in [6, 6.07) is 15.3. The van der Waals surface area contributed by atoms with Gasteiger partial charge in [0, 0.05) is 0 Å². The van der Waals surface area contributed by atoms with E-state index in [0.717, 1.165) is 0 Å². The van der Waals surface area contributed by atoms with Crippen molar-refractivity contribution in [2.75, 3.05) is 0 Å². The first kappa shape index (κ1) is 8.97. The molecule has 2 aromatic carbocycles. The van der Waals surface area contributed by atoms with Crippen molar-refractivity contribution in [1.82, 2.24) is 0 Å². The molecule has 3 aromatic rings. The van der Waals surface area contributed by atoms with Crippen LogP contribution in [0.2, 0.25) is 0 Å². The fourth-order valence-electron chi connectivity index (χ4n) is 1.71. The van der Waals surface area contributed by atoms with E-state index in [9.17, 15) is 0 Å². The van der Waals surface area contributed by atoms with Crippen LogP contribution in [0, 0.1) is 0 Å². The zero-order valence-corrected chi connectivity index (χ0v) is 11.2. The van der Waals surface area contributed by atoms with E-state index in [2.05, 4.69) is 58.4 Å². The molecule has 0 fully saturated rings. The van der Waals surface area contributed by atoms with Crippen LogP contribution in [-0.4, -0.2) is 20.4 Å². The standard InChI is InChI=1S/C12H7BrTe/c13-10-6-3-5-9-8-4-1-2-7-11(8)14-12(9)10/h1-7H. The first-order chi connectivity index (χ1) is 6.86. The molecule has 0 N–H and O–H groups in total. The van der Waals surface area contributed by atoms with Gasteiger partial charge in [0.25, 0.3) is 0 Å². The third-order valence-corrected chi connectivity index (χ3v) is 7.32. The van der Waals surface area contributed by atoms with E-state index in [0.29, 0.717) is 0 Å². The van der Waals surface area contributed by atoms with Crippen LogP contribution in [-0.2, 0) is 0 Å². The molecule has 0 aliphatic rings. The number of fused-ring (bicyclic) bond motifs is 3. The minimum atomic E-state index is -0.153. The number of rotatable bonds is 0. The Morgan fingerprint density at radius 1 is 0.857 bits per heavy atom. The molecular formula is C12H7BrTe. The zero-order valence-electron chi connectivity index (χ0n) is 7.33. The van der Waals surface area contributed by atoms with Gasteiger partial charge in [-0.3, -0.25) is 0 Å². The van der Waals surface area contributed by atoms with Gasteiger partial charge in [0.15, 0.2) is 0 Å². The van der Waals surface area contributed by atoms with Crippen LogP contribution in [0.4, 0.5) is 0 Å². The Balaban J connectivity index is 2.63. The maximum absolute atomic E-state index is 3.64. The molecule has 0 unspecified atom stereocenters. The Morgan fingerprint density at radius 3 is 2.57 bits per heavy atom. The molecule has 0 aliphatic carbocycles. The summed E-state index contributed by atoms with van der Waals surface area (Å²) in [6.45, 7) is 0. The van der Waals surface area contributed by atoms with Crippen LogP contribution >= 0.6 is 15.9 Å². The van der Waals surface area contributed by atoms with Crippen molar-refractivity contribution in [3.05, 3.63) is 46.9 Å². The van der Waals surface area contributed by atoms with Crippen molar-refractivity contribution >= 4 is 53.9 Å². The molecule has 1 heterocycles. The summed E-state index contributed by atoms with van der Waals surface area (Å²) in [6.07, 6.45) is 0. The predicted octanol–water partition coefficient (Wildman–Crippen LogP) is 3.81. The van der Waals surface area contributed by atoms with Gasteiger partial charge in [0.1, 0.15) is 0 Å². The van der Waals surface area contributed by atoms with Crippen LogP contribution in [0.3, 0.4) is 0 Å². The average molecular weight is 359 g/mol. The minimum absolute atomic E-state index is 0.153. The van der Waals surface area contributed by atoms with Gasteiger partial charge in [0.05, 0.1) is 0 Å². The Labute approximate surface area is 100 Å². The molecule has 3 rings (SSSR count). The van der Waals surface area contributed by atoms with Crippen LogP contribution in [0.1, 0.15) is 0 Å². The average Bonchev–Trinajstić information content (AvgIpc) is 2.59. The van der Waals surface area contributed by atoms with Crippen LogP contribution < -0.4 is 0 Å². The van der Waals surface area contributed by atoms with Gasteiger partial charge < -0.3 is 0 Å². The van der Waals surface area contributed by atoms with E-state index in [1.807, 2.05) is 0 Å². The van der Waals surface area contributed by atoms with E-state index in [4.69, 9.17) is 0 Å². The van der Waals surface area contributed by atoms with Crippen molar-refractivity contribution in [1.29, 1.82) is 0 Å². The van der Waals surface area contributed by atoms with Crippen LogP contribution in [0.5, 0.6) is 0 Å². The quantitative estimate of drug-likeness (QED) is 0.536. The number of hydrogen-bond acceptors (Lipinski definition) is 0. The Kier molecular flexibility index (Phi) is 2.17. The normalized spacial score (nSPS) is 11.2. The predicted molar refractivity (Wildman–Crippen MR) is 66.1 cm³/mol. The van der Waals surface area contributed by atoms with E-state index in [-0.39, 0.29) is 20.4 Å². The van der Waals surface area contributed by atoms with Crippen LogP contribution in [0.15, 0.2) is 46.9 Å². The Morgan fingerprint density at radius 2 is 1.64 bits per heavy atom. The summed E-state index contributed by atoms with van der Waals surface area (Å²) in [7, 11) is 0. The van der Waals surface area contributed by atoms with E-state index in [1.165, 1.54) is 15.2 Å². The van der Waals surface area contributed by atoms with E-state index >= 15 is 0 Å². The third-order valence-electron chi connectivity index (χ3n) is 2.36.